The third kappa shape index (κ3) is 2.25. The second-order valence-corrected chi connectivity index (χ2v) is 6.85. The van der Waals surface area contributed by atoms with E-state index in [0.29, 0.717) is 5.92 Å². The molecule has 0 saturated carbocycles. The van der Waals surface area contributed by atoms with Crippen molar-refractivity contribution in [1.29, 1.82) is 0 Å². The summed E-state index contributed by atoms with van der Waals surface area (Å²) in [6.07, 6.45) is 3.62. The van der Waals surface area contributed by atoms with Crippen molar-refractivity contribution in [3.05, 3.63) is 46.5 Å². The average Bonchev–Trinajstić information content (AvgIpc) is 3.13. The summed E-state index contributed by atoms with van der Waals surface area (Å²) in [6.45, 7) is 6.48. The number of aromatic nitrogens is 5. The van der Waals surface area contributed by atoms with Crippen molar-refractivity contribution in [2.45, 2.75) is 26.7 Å². The van der Waals surface area contributed by atoms with Gasteiger partial charge in [-0.1, -0.05) is 13.8 Å². The lowest BCUT2D eigenvalue weighted by Gasteiger charge is -2.14. The highest BCUT2D eigenvalue weighted by molar-refractivity contribution is 9.10. The van der Waals surface area contributed by atoms with Gasteiger partial charge in [0.25, 0.3) is 0 Å². The number of aryl methyl sites for hydroxylation is 1. The Morgan fingerprint density at radius 2 is 2.04 bits per heavy atom. The number of benzene rings is 1. The molecule has 4 rings (SSSR count). The minimum absolute atomic E-state index is 0.406. The molecule has 1 N–H and O–H groups in total. The van der Waals surface area contributed by atoms with E-state index < -0.39 is 0 Å². The van der Waals surface area contributed by atoms with Crippen molar-refractivity contribution in [2.24, 2.45) is 0 Å². The Hall–Kier alpha value is -2.21. The predicted octanol–water partition coefficient (Wildman–Crippen LogP) is 4.47. The van der Waals surface area contributed by atoms with Crippen LogP contribution in [0.2, 0.25) is 0 Å². The summed E-state index contributed by atoms with van der Waals surface area (Å²) in [5.74, 6) is 0.406. The summed E-state index contributed by atoms with van der Waals surface area (Å²) >= 11 is 3.51. The van der Waals surface area contributed by atoms with E-state index in [0.717, 1.165) is 32.3 Å². The molecule has 23 heavy (non-hydrogen) atoms. The molecule has 4 aromatic rings. The Bertz CT molecular complexity index is 1030. The van der Waals surface area contributed by atoms with Crippen molar-refractivity contribution in [2.75, 3.05) is 0 Å². The van der Waals surface area contributed by atoms with Crippen LogP contribution in [-0.4, -0.2) is 24.8 Å². The number of nitrogens with one attached hydrogen (secondary N) is 1. The van der Waals surface area contributed by atoms with Crippen LogP contribution in [0.3, 0.4) is 0 Å². The highest BCUT2D eigenvalue weighted by Crippen LogP contribution is 2.35. The summed E-state index contributed by atoms with van der Waals surface area (Å²) in [5.41, 5.74) is 6.65. The van der Waals surface area contributed by atoms with Crippen molar-refractivity contribution in [1.82, 2.24) is 24.8 Å². The molecule has 0 aliphatic heterocycles. The maximum absolute atomic E-state index is 4.29. The van der Waals surface area contributed by atoms with Gasteiger partial charge in [0.2, 0.25) is 0 Å². The molecule has 6 heteroatoms. The van der Waals surface area contributed by atoms with Crippen LogP contribution in [0.4, 0.5) is 0 Å². The Labute approximate surface area is 141 Å². The fourth-order valence-corrected chi connectivity index (χ4v) is 3.43. The first-order valence-electron chi connectivity index (χ1n) is 7.52. The Kier molecular flexibility index (Phi) is 3.23. The number of rotatable bonds is 2. The van der Waals surface area contributed by atoms with Gasteiger partial charge in [0.1, 0.15) is 10.9 Å². The van der Waals surface area contributed by atoms with Gasteiger partial charge < -0.3 is 0 Å². The van der Waals surface area contributed by atoms with Crippen LogP contribution < -0.4 is 0 Å². The van der Waals surface area contributed by atoms with Crippen LogP contribution >= 0.6 is 15.9 Å². The molecule has 0 aliphatic carbocycles. The number of aromatic amines is 1. The maximum Gasteiger partial charge on any atom is 0.158 e. The van der Waals surface area contributed by atoms with Gasteiger partial charge in [-0.25, -0.2) is 9.50 Å². The Morgan fingerprint density at radius 1 is 1.22 bits per heavy atom. The zero-order valence-electron chi connectivity index (χ0n) is 13.1. The molecule has 0 amide bonds. The van der Waals surface area contributed by atoms with E-state index in [4.69, 9.17) is 0 Å². The van der Waals surface area contributed by atoms with Gasteiger partial charge >= 0.3 is 0 Å². The normalized spacial score (nSPS) is 11.9. The van der Waals surface area contributed by atoms with Gasteiger partial charge in [0.15, 0.2) is 5.65 Å². The largest absolute Gasteiger partial charge is 0.277 e. The highest BCUT2D eigenvalue weighted by Gasteiger charge is 2.15. The molecule has 0 radical (unpaired) electrons. The molecule has 1 aromatic carbocycles. The van der Waals surface area contributed by atoms with E-state index >= 15 is 0 Å². The molecular weight excluding hydrogens is 354 g/mol. The van der Waals surface area contributed by atoms with Crippen molar-refractivity contribution >= 4 is 32.5 Å². The van der Waals surface area contributed by atoms with Gasteiger partial charge in [0.05, 0.1) is 5.52 Å². The summed E-state index contributed by atoms with van der Waals surface area (Å²) in [4.78, 5) is 4.29. The average molecular weight is 370 g/mol. The highest BCUT2D eigenvalue weighted by atomic mass is 79.9. The second-order valence-electron chi connectivity index (χ2n) is 6.09. The first-order chi connectivity index (χ1) is 11.0. The Balaban J connectivity index is 2.03. The zero-order chi connectivity index (χ0) is 16.1. The summed E-state index contributed by atoms with van der Waals surface area (Å²) in [5, 5.41) is 12.7. The molecule has 0 fully saturated rings. The fourth-order valence-electron chi connectivity index (χ4n) is 3.02. The van der Waals surface area contributed by atoms with E-state index in [1.807, 2.05) is 10.7 Å². The monoisotopic (exact) mass is 369 g/mol. The van der Waals surface area contributed by atoms with Crippen LogP contribution in [0.25, 0.3) is 27.7 Å². The first kappa shape index (κ1) is 14.4. The topological polar surface area (TPSA) is 58.9 Å². The number of nitrogens with zero attached hydrogens (tertiary/aromatic N) is 4. The third-order valence-corrected chi connectivity index (χ3v) is 4.78. The molecule has 0 saturated heterocycles. The number of fused-ring (bicyclic) bond motifs is 2. The lowest BCUT2D eigenvalue weighted by atomic mass is 9.91. The summed E-state index contributed by atoms with van der Waals surface area (Å²) in [6, 6.07) is 6.55. The fraction of sp³-hybridized carbons (Fsp3) is 0.235. The van der Waals surface area contributed by atoms with Gasteiger partial charge in [0, 0.05) is 17.1 Å². The van der Waals surface area contributed by atoms with Gasteiger partial charge in [-0.15, -0.1) is 0 Å². The zero-order valence-corrected chi connectivity index (χ0v) is 14.7. The summed E-state index contributed by atoms with van der Waals surface area (Å²) in [7, 11) is 0. The number of hydrogen-bond acceptors (Lipinski definition) is 3. The number of H-pyrrole nitrogens is 1. The molecule has 0 aliphatic rings. The molecule has 116 valence electrons. The van der Waals surface area contributed by atoms with E-state index in [1.165, 1.54) is 11.1 Å². The first-order valence-corrected chi connectivity index (χ1v) is 8.32. The second kappa shape index (κ2) is 5.16. The van der Waals surface area contributed by atoms with E-state index in [9.17, 15) is 0 Å². The van der Waals surface area contributed by atoms with E-state index in [-0.39, 0.29) is 0 Å². The van der Waals surface area contributed by atoms with Crippen LogP contribution in [0.15, 0.2) is 35.3 Å². The predicted molar refractivity (Wildman–Crippen MR) is 94.6 cm³/mol. The summed E-state index contributed by atoms with van der Waals surface area (Å²) < 4.78 is 2.69. The molecule has 3 heterocycles. The van der Waals surface area contributed by atoms with Gasteiger partial charge in [-0.05, 0) is 63.7 Å². The van der Waals surface area contributed by atoms with Crippen LogP contribution in [0.1, 0.15) is 30.9 Å². The Morgan fingerprint density at radius 3 is 2.83 bits per heavy atom. The lowest BCUT2D eigenvalue weighted by Crippen LogP contribution is -1.97. The van der Waals surface area contributed by atoms with Crippen LogP contribution in [-0.2, 0) is 0 Å². The minimum atomic E-state index is 0.406. The van der Waals surface area contributed by atoms with Crippen molar-refractivity contribution in [3.8, 4) is 11.1 Å². The van der Waals surface area contributed by atoms with E-state index in [1.54, 1.807) is 6.33 Å². The smallest absolute Gasteiger partial charge is 0.158 e. The quantitative estimate of drug-likeness (QED) is 0.567. The SMILES string of the molecule is Cc1cc(-c2cc3[nH]nc(Br)c3cc2C(C)C)cn2ncnc12. The molecule has 5 nitrogen and oxygen atoms in total. The number of halogens is 1. The molecule has 0 spiro atoms. The lowest BCUT2D eigenvalue weighted by molar-refractivity contribution is 0.870. The van der Waals surface area contributed by atoms with Crippen LogP contribution in [0.5, 0.6) is 0 Å². The van der Waals surface area contributed by atoms with E-state index in [2.05, 4.69) is 75.2 Å². The molecule has 0 bridgehead atoms. The van der Waals surface area contributed by atoms with Crippen LogP contribution in [0, 0.1) is 6.92 Å². The van der Waals surface area contributed by atoms with Gasteiger partial charge in [-0.3, -0.25) is 5.10 Å². The maximum atomic E-state index is 4.29. The standard InChI is InChI=1S/C17H16BrN5/c1-9(2)12-5-14-15(21-22-16(14)18)6-13(12)11-4-10(3)17-19-8-20-23(17)7-11/h4-9H,1-3H3,(H,21,22). The minimum Gasteiger partial charge on any atom is -0.277 e. The van der Waals surface area contributed by atoms with Crippen molar-refractivity contribution < 1.29 is 0 Å². The van der Waals surface area contributed by atoms with Crippen molar-refractivity contribution in [3.63, 3.8) is 0 Å². The third-order valence-electron chi connectivity index (χ3n) is 4.18. The molecule has 0 atom stereocenters. The number of pyridine rings is 1. The molecular formula is C17H16BrN5. The molecule has 3 aromatic heterocycles. The molecule has 0 unspecified atom stereocenters. The number of hydrogen-bond donors (Lipinski definition) is 1. The van der Waals surface area contributed by atoms with Gasteiger partial charge in [-0.2, -0.15) is 10.2 Å².